The van der Waals surface area contributed by atoms with Crippen molar-refractivity contribution in [2.45, 2.75) is 38.6 Å². The van der Waals surface area contributed by atoms with Crippen LogP contribution in [-0.4, -0.2) is 36.9 Å². The molecule has 0 spiro atoms. The van der Waals surface area contributed by atoms with E-state index < -0.39 is 10.0 Å². The van der Waals surface area contributed by atoms with E-state index in [9.17, 15) is 8.42 Å². The van der Waals surface area contributed by atoms with Crippen LogP contribution >= 0.6 is 11.6 Å². The zero-order valence-electron chi connectivity index (χ0n) is 14.6. The molecule has 0 saturated heterocycles. The maximum Gasteiger partial charge on any atom is 0.322 e. The third-order valence-corrected chi connectivity index (χ3v) is 6.38. The Morgan fingerprint density at radius 2 is 1.96 bits per heavy atom. The molecule has 1 aromatic carbocycles. The molecule has 9 heteroatoms. The Hall–Kier alpha value is -1.64. The molecule has 1 heterocycles. The highest BCUT2D eigenvalue weighted by atomic mass is 35.5. The summed E-state index contributed by atoms with van der Waals surface area (Å²) in [7, 11) is -3.12. The Bertz CT molecular complexity index is 832. The van der Waals surface area contributed by atoms with Crippen LogP contribution in [-0.2, 0) is 10.0 Å². The lowest BCUT2D eigenvalue weighted by Crippen LogP contribution is -2.34. The highest BCUT2D eigenvalue weighted by molar-refractivity contribution is 7.89. The summed E-state index contributed by atoms with van der Waals surface area (Å²) in [6, 6.07) is 7.99. The van der Waals surface area contributed by atoms with Gasteiger partial charge in [-0.1, -0.05) is 28.9 Å². The van der Waals surface area contributed by atoms with Crippen molar-refractivity contribution in [3.8, 4) is 11.4 Å². The van der Waals surface area contributed by atoms with Crippen LogP contribution < -0.4 is 10.0 Å². The fourth-order valence-electron chi connectivity index (χ4n) is 3.07. The van der Waals surface area contributed by atoms with Gasteiger partial charge in [0.15, 0.2) is 0 Å². The maximum atomic E-state index is 11.5. The lowest BCUT2D eigenvalue weighted by Gasteiger charge is -2.28. The summed E-state index contributed by atoms with van der Waals surface area (Å²) in [6.07, 6.45) is 3.77. The van der Waals surface area contributed by atoms with Crippen LogP contribution in [0.25, 0.3) is 11.4 Å². The third-order valence-electron chi connectivity index (χ3n) is 4.69. The minimum atomic E-state index is -3.12. The van der Waals surface area contributed by atoms with Crippen molar-refractivity contribution in [2.24, 2.45) is 5.92 Å². The Morgan fingerprint density at radius 1 is 1.23 bits per heavy atom. The summed E-state index contributed by atoms with van der Waals surface area (Å²) < 4.78 is 31.0. The largest absolute Gasteiger partial charge is 0.335 e. The van der Waals surface area contributed by atoms with Gasteiger partial charge in [0.1, 0.15) is 0 Å². The van der Waals surface area contributed by atoms with Gasteiger partial charge in [-0.25, -0.2) is 13.1 Å². The zero-order valence-corrected chi connectivity index (χ0v) is 16.2. The van der Waals surface area contributed by atoms with E-state index in [4.69, 9.17) is 16.1 Å². The summed E-state index contributed by atoms with van der Waals surface area (Å²) >= 11 is 6.16. The van der Waals surface area contributed by atoms with Crippen molar-refractivity contribution >= 4 is 27.6 Å². The molecular formula is C17H23ClN4O3S. The normalized spacial score (nSPS) is 20.8. The summed E-state index contributed by atoms with van der Waals surface area (Å²) in [5.74, 6) is 0.950. The SMILES string of the molecule is CCS(=O)(=O)NCC1CCC(Nc2nc(-c3ccccc3Cl)no2)CC1. The molecule has 1 fully saturated rings. The van der Waals surface area contributed by atoms with Crippen molar-refractivity contribution in [3.63, 3.8) is 0 Å². The van der Waals surface area contributed by atoms with Crippen molar-refractivity contribution in [1.82, 2.24) is 14.9 Å². The van der Waals surface area contributed by atoms with E-state index in [0.717, 1.165) is 31.2 Å². The monoisotopic (exact) mass is 398 g/mol. The first-order chi connectivity index (χ1) is 12.5. The van der Waals surface area contributed by atoms with Crippen molar-refractivity contribution < 1.29 is 12.9 Å². The molecule has 0 radical (unpaired) electrons. The van der Waals surface area contributed by atoms with E-state index >= 15 is 0 Å². The molecule has 1 aliphatic rings. The summed E-state index contributed by atoms with van der Waals surface area (Å²) in [5.41, 5.74) is 0.734. The van der Waals surface area contributed by atoms with Crippen LogP contribution in [0.3, 0.4) is 0 Å². The number of hydrogen-bond donors (Lipinski definition) is 2. The number of benzene rings is 1. The Kier molecular flexibility index (Phi) is 6.16. The molecule has 26 heavy (non-hydrogen) atoms. The Labute approximate surface area is 158 Å². The molecule has 2 N–H and O–H groups in total. The van der Waals surface area contributed by atoms with Crippen LogP contribution in [0.5, 0.6) is 0 Å². The first-order valence-electron chi connectivity index (χ1n) is 8.79. The number of nitrogens with one attached hydrogen (secondary N) is 2. The van der Waals surface area contributed by atoms with Crippen LogP contribution in [0.15, 0.2) is 28.8 Å². The van der Waals surface area contributed by atoms with Gasteiger partial charge in [0, 0.05) is 18.2 Å². The minimum Gasteiger partial charge on any atom is -0.335 e. The predicted octanol–water partition coefficient (Wildman–Crippen LogP) is 3.30. The summed E-state index contributed by atoms with van der Waals surface area (Å²) in [5, 5.41) is 7.83. The van der Waals surface area contributed by atoms with Crippen LogP contribution in [0.2, 0.25) is 5.02 Å². The van der Waals surface area contributed by atoms with Crippen LogP contribution in [0.4, 0.5) is 6.01 Å². The molecule has 1 saturated carbocycles. The summed E-state index contributed by atoms with van der Waals surface area (Å²) in [4.78, 5) is 4.37. The first kappa shape index (κ1) is 19.1. The number of rotatable bonds is 7. The van der Waals surface area contributed by atoms with Gasteiger partial charge in [0.25, 0.3) is 0 Å². The molecule has 7 nitrogen and oxygen atoms in total. The molecule has 2 aromatic rings. The van der Waals surface area contributed by atoms with E-state index in [2.05, 4.69) is 20.2 Å². The number of sulfonamides is 1. The van der Waals surface area contributed by atoms with E-state index in [-0.39, 0.29) is 11.8 Å². The van der Waals surface area contributed by atoms with Gasteiger partial charge in [-0.2, -0.15) is 4.98 Å². The van der Waals surface area contributed by atoms with Crippen molar-refractivity contribution in [2.75, 3.05) is 17.6 Å². The van der Waals surface area contributed by atoms with Gasteiger partial charge in [-0.05, 0) is 50.7 Å². The fourth-order valence-corrected chi connectivity index (χ4v) is 3.98. The molecule has 1 aromatic heterocycles. The first-order valence-corrected chi connectivity index (χ1v) is 10.8. The average Bonchev–Trinajstić information content (AvgIpc) is 3.10. The van der Waals surface area contributed by atoms with Gasteiger partial charge < -0.3 is 9.84 Å². The second-order valence-electron chi connectivity index (χ2n) is 6.52. The average molecular weight is 399 g/mol. The molecule has 3 rings (SSSR count). The van der Waals surface area contributed by atoms with E-state index in [1.807, 2.05) is 18.2 Å². The van der Waals surface area contributed by atoms with Crippen LogP contribution in [0, 0.1) is 5.92 Å². The lowest BCUT2D eigenvalue weighted by atomic mass is 9.86. The van der Waals surface area contributed by atoms with Gasteiger partial charge >= 0.3 is 6.01 Å². The second kappa shape index (κ2) is 8.37. The zero-order chi connectivity index (χ0) is 18.6. The molecule has 142 valence electrons. The predicted molar refractivity (Wildman–Crippen MR) is 102 cm³/mol. The molecule has 0 amide bonds. The number of nitrogens with zero attached hydrogens (tertiary/aromatic N) is 2. The van der Waals surface area contributed by atoms with Gasteiger partial charge in [0.2, 0.25) is 15.8 Å². The van der Waals surface area contributed by atoms with Gasteiger partial charge in [-0.15, -0.1) is 0 Å². The highest BCUT2D eigenvalue weighted by Crippen LogP contribution is 2.28. The molecule has 0 unspecified atom stereocenters. The Morgan fingerprint density at radius 3 is 2.65 bits per heavy atom. The lowest BCUT2D eigenvalue weighted by molar-refractivity contribution is 0.330. The van der Waals surface area contributed by atoms with Crippen LogP contribution in [0.1, 0.15) is 32.6 Å². The number of aromatic nitrogens is 2. The minimum absolute atomic E-state index is 0.120. The molecular weight excluding hydrogens is 376 g/mol. The maximum absolute atomic E-state index is 11.5. The number of anilines is 1. The van der Waals surface area contributed by atoms with Gasteiger partial charge in [0.05, 0.1) is 10.8 Å². The highest BCUT2D eigenvalue weighted by Gasteiger charge is 2.23. The Balaban J connectivity index is 1.50. The molecule has 0 atom stereocenters. The third kappa shape index (κ3) is 4.96. The van der Waals surface area contributed by atoms with E-state index in [0.29, 0.717) is 29.3 Å². The van der Waals surface area contributed by atoms with Gasteiger partial charge in [-0.3, -0.25) is 0 Å². The fraction of sp³-hybridized carbons (Fsp3) is 0.529. The molecule has 1 aliphatic carbocycles. The molecule has 0 aliphatic heterocycles. The number of hydrogen-bond acceptors (Lipinski definition) is 6. The van der Waals surface area contributed by atoms with Crippen molar-refractivity contribution in [3.05, 3.63) is 29.3 Å². The van der Waals surface area contributed by atoms with Crippen molar-refractivity contribution in [1.29, 1.82) is 0 Å². The molecule has 0 bridgehead atoms. The second-order valence-corrected chi connectivity index (χ2v) is 9.02. The quantitative estimate of drug-likeness (QED) is 0.742. The standard InChI is InChI=1S/C17H23ClN4O3S/c1-2-26(23,24)19-11-12-7-9-13(10-8-12)20-17-21-16(22-25-17)14-5-3-4-6-15(14)18/h3-6,12-13,19H,2,7-11H2,1H3,(H,20,21,22). The van der Waals surface area contributed by atoms with E-state index in [1.165, 1.54) is 0 Å². The number of halogens is 1. The topological polar surface area (TPSA) is 97.1 Å². The van der Waals surface area contributed by atoms with E-state index in [1.54, 1.807) is 13.0 Å². The summed E-state index contributed by atoms with van der Waals surface area (Å²) in [6.45, 7) is 2.16. The smallest absolute Gasteiger partial charge is 0.322 e.